The van der Waals surface area contributed by atoms with E-state index in [9.17, 15) is 0 Å². The predicted octanol–water partition coefficient (Wildman–Crippen LogP) is 2.83. The highest BCUT2D eigenvalue weighted by molar-refractivity contribution is 6.24. The molecule has 1 aliphatic carbocycles. The Hall–Kier alpha value is 0.830. The first-order valence-electron chi connectivity index (χ1n) is 4.72. The molecular weight excluding hydrogens is 228 g/mol. The van der Waals surface area contributed by atoms with Gasteiger partial charge in [-0.05, 0) is 18.8 Å². The Morgan fingerprint density at radius 1 is 1.23 bits per heavy atom. The van der Waals surface area contributed by atoms with E-state index >= 15 is 0 Å². The third kappa shape index (κ3) is 3.47. The van der Waals surface area contributed by atoms with Crippen molar-refractivity contribution in [2.45, 2.75) is 36.6 Å². The molecule has 78 valence electrons. The number of nitrogens with one attached hydrogen (secondary N) is 1. The number of hydrogen-bond acceptors (Lipinski definition) is 1. The molecule has 4 heteroatoms. The van der Waals surface area contributed by atoms with E-state index in [0.717, 1.165) is 19.4 Å². The van der Waals surface area contributed by atoms with Crippen molar-refractivity contribution in [1.29, 1.82) is 0 Å². The predicted molar refractivity (Wildman–Crippen MR) is 60.2 cm³/mol. The van der Waals surface area contributed by atoms with Crippen molar-refractivity contribution in [2.75, 3.05) is 12.4 Å². The van der Waals surface area contributed by atoms with Gasteiger partial charge in [0.05, 0.1) is 10.8 Å². The zero-order valence-corrected chi connectivity index (χ0v) is 10.0. The SMILES string of the molecule is CC1CC(Cl)C(NCCCl)C(Cl)C1. The number of rotatable bonds is 3. The van der Waals surface area contributed by atoms with Crippen LogP contribution in [0.4, 0.5) is 0 Å². The maximum absolute atomic E-state index is 6.22. The fraction of sp³-hybridized carbons (Fsp3) is 1.00. The van der Waals surface area contributed by atoms with Crippen LogP contribution < -0.4 is 5.32 Å². The van der Waals surface area contributed by atoms with Crippen molar-refractivity contribution >= 4 is 34.8 Å². The molecule has 1 saturated carbocycles. The Labute approximate surface area is 95.1 Å². The summed E-state index contributed by atoms with van der Waals surface area (Å²) in [4.78, 5) is 0. The second-order valence-corrected chi connectivity index (χ2v) is 5.28. The lowest BCUT2D eigenvalue weighted by Gasteiger charge is -2.35. The molecule has 0 amide bonds. The molecule has 1 rings (SSSR count). The van der Waals surface area contributed by atoms with Crippen LogP contribution in [-0.4, -0.2) is 29.2 Å². The van der Waals surface area contributed by atoms with Crippen molar-refractivity contribution in [2.24, 2.45) is 5.92 Å². The molecule has 1 aliphatic rings. The second kappa shape index (κ2) is 5.65. The first kappa shape index (κ1) is 11.9. The Kier molecular flexibility index (Phi) is 5.17. The zero-order chi connectivity index (χ0) is 9.84. The van der Waals surface area contributed by atoms with Crippen molar-refractivity contribution in [3.8, 4) is 0 Å². The third-order valence-electron chi connectivity index (χ3n) is 2.51. The Bertz CT molecular complexity index is 142. The van der Waals surface area contributed by atoms with Crippen LogP contribution in [-0.2, 0) is 0 Å². The standard InChI is InChI=1S/C9H16Cl3N/c1-6-4-7(11)9(8(12)5-6)13-3-2-10/h6-9,13H,2-5H2,1H3. The van der Waals surface area contributed by atoms with E-state index in [0.29, 0.717) is 11.8 Å². The van der Waals surface area contributed by atoms with Gasteiger partial charge in [0.2, 0.25) is 0 Å². The lowest BCUT2D eigenvalue weighted by atomic mass is 9.86. The van der Waals surface area contributed by atoms with Crippen molar-refractivity contribution in [3.63, 3.8) is 0 Å². The van der Waals surface area contributed by atoms with Crippen LogP contribution in [0.3, 0.4) is 0 Å². The van der Waals surface area contributed by atoms with E-state index in [4.69, 9.17) is 34.8 Å². The van der Waals surface area contributed by atoms with Crippen molar-refractivity contribution in [1.82, 2.24) is 5.32 Å². The molecule has 0 saturated heterocycles. The van der Waals surface area contributed by atoms with Gasteiger partial charge in [0.1, 0.15) is 0 Å². The van der Waals surface area contributed by atoms with E-state index in [1.165, 1.54) is 0 Å². The molecule has 1 fully saturated rings. The summed E-state index contributed by atoms with van der Waals surface area (Å²) in [5.74, 6) is 1.25. The minimum Gasteiger partial charge on any atom is -0.310 e. The number of hydrogen-bond donors (Lipinski definition) is 1. The summed E-state index contributed by atoms with van der Waals surface area (Å²) in [6.45, 7) is 2.98. The molecule has 0 aromatic heterocycles. The highest BCUT2D eigenvalue weighted by Gasteiger charge is 2.33. The summed E-state index contributed by atoms with van der Waals surface area (Å²) >= 11 is 18.0. The largest absolute Gasteiger partial charge is 0.310 e. The average molecular weight is 245 g/mol. The van der Waals surface area contributed by atoms with Crippen LogP contribution in [0, 0.1) is 5.92 Å². The van der Waals surface area contributed by atoms with Crippen LogP contribution in [0.1, 0.15) is 19.8 Å². The van der Waals surface area contributed by atoms with E-state index in [1.54, 1.807) is 0 Å². The fourth-order valence-corrected chi connectivity index (χ4v) is 3.18. The first-order chi connectivity index (χ1) is 6.15. The van der Waals surface area contributed by atoms with Gasteiger partial charge in [0.25, 0.3) is 0 Å². The smallest absolute Gasteiger partial charge is 0.0506 e. The lowest BCUT2D eigenvalue weighted by Crippen LogP contribution is -2.49. The Balaban J connectivity index is 2.41. The van der Waals surface area contributed by atoms with Gasteiger partial charge < -0.3 is 5.32 Å². The van der Waals surface area contributed by atoms with Crippen LogP contribution in [0.5, 0.6) is 0 Å². The molecule has 0 aromatic carbocycles. The summed E-state index contributed by atoms with van der Waals surface area (Å²) in [5, 5.41) is 3.59. The summed E-state index contributed by atoms with van der Waals surface area (Å²) in [7, 11) is 0. The lowest BCUT2D eigenvalue weighted by molar-refractivity contribution is 0.323. The van der Waals surface area contributed by atoms with Gasteiger partial charge >= 0.3 is 0 Å². The molecule has 0 bridgehead atoms. The summed E-state index contributed by atoms with van der Waals surface area (Å²) in [5.41, 5.74) is 0. The van der Waals surface area contributed by atoms with Crippen LogP contribution >= 0.6 is 34.8 Å². The van der Waals surface area contributed by atoms with Gasteiger partial charge in [-0.3, -0.25) is 0 Å². The Morgan fingerprint density at radius 2 is 1.77 bits per heavy atom. The number of alkyl halides is 3. The van der Waals surface area contributed by atoms with Gasteiger partial charge in [0, 0.05) is 18.5 Å². The molecule has 2 atom stereocenters. The zero-order valence-electron chi connectivity index (χ0n) is 7.77. The average Bonchev–Trinajstić information content (AvgIpc) is 2.02. The fourth-order valence-electron chi connectivity index (χ4n) is 1.86. The molecule has 0 heterocycles. The van der Waals surface area contributed by atoms with Crippen molar-refractivity contribution < 1.29 is 0 Å². The van der Waals surface area contributed by atoms with Gasteiger partial charge in [-0.15, -0.1) is 34.8 Å². The maximum Gasteiger partial charge on any atom is 0.0506 e. The topological polar surface area (TPSA) is 12.0 Å². The third-order valence-corrected chi connectivity index (χ3v) is 3.60. The summed E-state index contributed by atoms with van der Waals surface area (Å²) in [6.07, 6.45) is 2.09. The summed E-state index contributed by atoms with van der Waals surface area (Å²) < 4.78 is 0. The summed E-state index contributed by atoms with van der Waals surface area (Å²) in [6, 6.07) is 0.221. The molecule has 2 unspecified atom stereocenters. The minimum atomic E-state index is 0.148. The van der Waals surface area contributed by atoms with Crippen LogP contribution in [0.25, 0.3) is 0 Å². The van der Waals surface area contributed by atoms with E-state index in [-0.39, 0.29) is 16.8 Å². The highest BCUT2D eigenvalue weighted by atomic mass is 35.5. The quantitative estimate of drug-likeness (QED) is 0.753. The minimum absolute atomic E-state index is 0.148. The van der Waals surface area contributed by atoms with Gasteiger partial charge in [0.15, 0.2) is 0 Å². The monoisotopic (exact) mass is 243 g/mol. The molecule has 0 spiro atoms. The molecule has 0 aromatic rings. The van der Waals surface area contributed by atoms with E-state index in [2.05, 4.69) is 12.2 Å². The van der Waals surface area contributed by atoms with Gasteiger partial charge in [-0.1, -0.05) is 6.92 Å². The molecule has 0 radical (unpaired) electrons. The van der Waals surface area contributed by atoms with E-state index in [1.807, 2.05) is 0 Å². The van der Waals surface area contributed by atoms with E-state index < -0.39 is 0 Å². The van der Waals surface area contributed by atoms with Gasteiger partial charge in [-0.25, -0.2) is 0 Å². The maximum atomic E-state index is 6.22. The normalized spacial score (nSPS) is 40.6. The van der Waals surface area contributed by atoms with Crippen LogP contribution in [0.15, 0.2) is 0 Å². The first-order valence-corrected chi connectivity index (χ1v) is 6.13. The van der Waals surface area contributed by atoms with Gasteiger partial charge in [-0.2, -0.15) is 0 Å². The second-order valence-electron chi connectivity index (χ2n) is 3.78. The Morgan fingerprint density at radius 3 is 2.23 bits per heavy atom. The molecular formula is C9H16Cl3N. The number of halogens is 3. The van der Waals surface area contributed by atoms with Crippen LogP contribution in [0.2, 0.25) is 0 Å². The molecule has 1 nitrogen and oxygen atoms in total. The van der Waals surface area contributed by atoms with Crippen molar-refractivity contribution in [3.05, 3.63) is 0 Å². The molecule has 0 aliphatic heterocycles. The highest BCUT2D eigenvalue weighted by Crippen LogP contribution is 2.31. The molecule has 13 heavy (non-hydrogen) atoms. The molecule has 1 N–H and O–H groups in total.